The zero-order valence-corrected chi connectivity index (χ0v) is 5.44. The standard InChI is InChI=1S/C5H8O2S/c1-3-5(2)4-8(6)7/h1,5H,4H2,2H3,(H,6,7). The molecule has 0 saturated carbocycles. The molecule has 0 heterocycles. The second kappa shape index (κ2) is 3.65. The Balaban J connectivity index is 3.43. The molecule has 2 nitrogen and oxygen atoms in total. The van der Waals surface area contributed by atoms with Gasteiger partial charge in [0.05, 0.1) is 5.75 Å². The molecule has 46 valence electrons. The summed E-state index contributed by atoms with van der Waals surface area (Å²) in [6.07, 6.45) is 4.92. The molecule has 0 spiro atoms. The highest BCUT2D eigenvalue weighted by Crippen LogP contribution is 1.91. The molecular formula is C5H8O2S. The molecule has 8 heavy (non-hydrogen) atoms. The molecule has 0 saturated heterocycles. The van der Waals surface area contributed by atoms with E-state index in [-0.39, 0.29) is 11.7 Å². The van der Waals surface area contributed by atoms with Crippen molar-refractivity contribution in [1.29, 1.82) is 0 Å². The SMILES string of the molecule is C#CC(C)CS(=O)O. The first-order valence-electron chi connectivity index (χ1n) is 2.20. The predicted molar refractivity (Wildman–Crippen MR) is 33.6 cm³/mol. The molecule has 0 aliphatic heterocycles. The van der Waals surface area contributed by atoms with Crippen LogP contribution in [0.3, 0.4) is 0 Å². The second-order valence-electron chi connectivity index (χ2n) is 1.56. The first-order chi connectivity index (χ1) is 3.66. The van der Waals surface area contributed by atoms with E-state index in [0.29, 0.717) is 0 Å². The van der Waals surface area contributed by atoms with Gasteiger partial charge in [0.25, 0.3) is 0 Å². The zero-order chi connectivity index (χ0) is 6.57. The fourth-order valence-corrected chi connectivity index (χ4v) is 0.786. The quantitative estimate of drug-likeness (QED) is 0.438. The van der Waals surface area contributed by atoms with Crippen LogP contribution < -0.4 is 0 Å². The molecule has 0 bridgehead atoms. The van der Waals surface area contributed by atoms with E-state index in [1.165, 1.54) is 0 Å². The highest BCUT2D eigenvalue weighted by molar-refractivity contribution is 7.79. The topological polar surface area (TPSA) is 37.3 Å². The largest absolute Gasteiger partial charge is 0.306 e. The van der Waals surface area contributed by atoms with Crippen LogP contribution in [0.1, 0.15) is 6.92 Å². The first-order valence-corrected chi connectivity index (χ1v) is 3.48. The van der Waals surface area contributed by atoms with Crippen LogP contribution in [0.5, 0.6) is 0 Å². The minimum atomic E-state index is -1.74. The Morgan fingerprint density at radius 2 is 2.50 bits per heavy atom. The first kappa shape index (κ1) is 7.67. The maximum atomic E-state index is 9.98. The van der Waals surface area contributed by atoms with E-state index in [1.54, 1.807) is 6.92 Å². The molecule has 2 unspecified atom stereocenters. The third-order valence-electron chi connectivity index (χ3n) is 0.677. The van der Waals surface area contributed by atoms with E-state index in [2.05, 4.69) is 5.92 Å². The summed E-state index contributed by atoms with van der Waals surface area (Å²) in [6.45, 7) is 1.73. The Kier molecular flexibility index (Phi) is 3.49. The highest BCUT2D eigenvalue weighted by atomic mass is 32.2. The van der Waals surface area contributed by atoms with Gasteiger partial charge in [-0.3, -0.25) is 0 Å². The molecule has 0 aliphatic rings. The van der Waals surface area contributed by atoms with Crippen molar-refractivity contribution in [1.82, 2.24) is 0 Å². The third kappa shape index (κ3) is 3.85. The lowest BCUT2D eigenvalue weighted by Crippen LogP contribution is -2.03. The van der Waals surface area contributed by atoms with Gasteiger partial charge in [-0.15, -0.1) is 12.3 Å². The summed E-state index contributed by atoms with van der Waals surface area (Å²) in [5.74, 6) is 2.42. The molecule has 0 aromatic carbocycles. The van der Waals surface area contributed by atoms with Gasteiger partial charge in [0.2, 0.25) is 0 Å². The summed E-state index contributed by atoms with van der Waals surface area (Å²) in [5, 5.41) is 0. The van der Waals surface area contributed by atoms with Crippen LogP contribution in [0, 0.1) is 18.3 Å². The molecule has 0 rings (SSSR count). The second-order valence-corrected chi connectivity index (χ2v) is 2.53. The van der Waals surface area contributed by atoms with Crippen LogP contribution in [0.15, 0.2) is 0 Å². The van der Waals surface area contributed by atoms with E-state index in [0.717, 1.165) is 0 Å². The monoisotopic (exact) mass is 132 g/mol. The van der Waals surface area contributed by atoms with Gasteiger partial charge in [-0.25, -0.2) is 4.21 Å². The summed E-state index contributed by atoms with van der Waals surface area (Å²) < 4.78 is 18.2. The van der Waals surface area contributed by atoms with Gasteiger partial charge in [0.15, 0.2) is 11.1 Å². The highest BCUT2D eigenvalue weighted by Gasteiger charge is 1.99. The summed E-state index contributed by atoms with van der Waals surface area (Å²) in [7, 11) is 0. The number of hydrogen-bond donors (Lipinski definition) is 1. The summed E-state index contributed by atoms with van der Waals surface area (Å²) >= 11 is -1.74. The van der Waals surface area contributed by atoms with E-state index in [1.807, 2.05) is 0 Å². The van der Waals surface area contributed by atoms with Gasteiger partial charge in [0, 0.05) is 5.92 Å². The Labute approximate surface area is 51.6 Å². The van der Waals surface area contributed by atoms with E-state index in [4.69, 9.17) is 11.0 Å². The van der Waals surface area contributed by atoms with Gasteiger partial charge in [-0.1, -0.05) is 6.92 Å². The lowest BCUT2D eigenvalue weighted by molar-refractivity contribution is 0.558. The summed E-state index contributed by atoms with van der Waals surface area (Å²) in [6, 6.07) is 0. The smallest absolute Gasteiger partial charge is 0.154 e. The summed E-state index contributed by atoms with van der Waals surface area (Å²) in [5.41, 5.74) is 0. The zero-order valence-electron chi connectivity index (χ0n) is 4.63. The Hall–Kier alpha value is -0.330. The van der Waals surface area contributed by atoms with Crippen molar-refractivity contribution in [2.75, 3.05) is 5.75 Å². The van der Waals surface area contributed by atoms with Crippen molar-refractivity contribution in [3.63, 3.8) is 0 Å². The Morgan fingerprint density at radius 3 is 2.62 bits per heavy atom. The minimum absolute atomic E-state index is 0.0965. The normalized spacial score (nSPS) is 16.6. The fourth-order valence-electron chi connectivity index (χ4n) is 0.262. The molecule has 1 N–H and O–H groups in total. The maximum absolute atomic E-state index is 9.98. The molecule has 0 aromatic rings. The number of rotatable bonds is 2. The van der Waals surface area contributed by atoms with E-state index >= 15 is 0 Å². The molecule has 3 heteroatoms. The number of hydrogen-bond acceptors (Lipinski definition) is 1. The molecule has 0 radical (unpaired) electrons. The van der Waals surface area contributed by atoms with Crippen molar-refractivity contribution in [2.24, 2.45) is 5.92 Å². The molecular weight excluding hydrogens is 124 g/mol. The molecule has 0 aromatic heterocycles. The molecule has 0 aliphatic carbocycles. The van der Waals surface area contributed by atoms with Crippen LogP contribution in [0.4, 0.5) is 0 Å². The molecule has 0 amide bonds. The van der Waals surface area contributed by atoms with Crippen LogP contribution >= 0.6 is 0 Å². The maximum Gasteiger partial charge on any atom is 0.154 e. The van der Waals surface area contributed by atoms with Crippen LogP contribution in [-0.2, 0) is 11.1 Å². The Bertz CT molecular complexity index is 125. The summed E-state index contributed by atoms with van der Waals surface area (Å²) in [4.78, 5) is 0. The van der Waals surface area contributed by atoms with Crippen LogP contribution in [0.25, 0.3) is 0 Å². The van der Waals surface area contributed by atoms with Gasteiger partial charge in [-0.2, -0.15) is 0 Å². The van der Waals surface area contributed by atoms with Crippen molar-refractivity contribution in [3.8, 4) is 12.3 Å². The van der Waals surface area contributed by atoms with Gasteiger partial charge >= 0.3 is 0 Å². The van der Waals surface area contributed by atoms with Crippen LogP contribution in [-0.4, -0.2) is 14.5 Å². The van der Waals surface area contributed by atoms with Crippen molar-refractivity contribution >= 4 is 11.1 Å². The van der Waals surface area contributed by atoms with E-state index < -0.39 is 11.1 Å². The molecule has 0 fully saturated rings. The van der Waals surface area contributed by atoms with Gasteiger partial charge in [-0.05, 0) is 0 Å². The predicted octanol–water partition coefficient (Wildman–Crippen LogP) is 0.477. The third-order valence-corrected chi connectivity index (χ3v) is 1.46. The lowest BCUT2D eigenvalue weighted by atomic mass is 10.2. The van der Waals surface area contributed by atoms with Crippen molar-refractivity contribution in [2.45, 2.75) is 6.92 Å². The van der Waals surface area contributed by atoms with Gasteiger partial charge in [0.1, 0.15) is 0 Å². The van der Waals surface area contributed by atoms with Crippen molar-refractivity contribution in [3.05, 3.63) is 0 Å². The molecule has 2 atom stereocenters. The van der Waals surface area contributed by atoms with Crippen LogP contribution in [0.2, 0.25) is 0 Å². The fraction of sp³-hybridized carbons (Fsp3) is 0.600. The minimum Gasteiger partial charge on any atom is -0.306 e. The van der Waals surface area contributed by atoms with E-state index in [9.17, 15) is 4.21 Å². The van der Waals surface area contributed by atoms with Crippen molar-refractivity contribution < 1.29 is 8.76 Å². The lowest BCUT2D eigenvalue weighted by Gasteiger charge is -1.95. The average Bonchev–Trinajstić information content (AvgIpc) is 1.65. The van der Waals surface area contributed by atoms with Gasteiger partial charge < -0.3 is 4.55 Å². The number of terminal acetylenes is 1. The Morgan fingerprint density at radius 1 is 2.00 bits per heavy atom. The average molecular weight is 132 g/mol.